The third-order valence-electron chi connectivity index (χ3n) is 2.64. The van der Waals surface area contributed by atoms with Gasteiger partial charge in [0, 0.05) is 12.8 Å². The van der Waals surface area contributed by atoms with E-state index >= 15 is 0 Å². The summed E-state index contributed by atoms with van der Waals surface area (Å²) in [5, 5.41) is 8.44. The number of rotatable bonds is 1. The van der Waals surface area contributed by atoms with Crippen molar-refractivity contribution in [2.24, 2.45) is 5.92 Å². The highest BCUT2D eigenvalue weighted by Crippen LogP contribution is 2.26. The second-order valence-electron chi connectivity index (χ2n) is 3.62. The van der Waals surface area contributed by atoms with Gasteiger partial charge in [-0.25, -0.2) is 0 Å². The molecule has 2 nitrogen and oxygen atoms in total. The largest absolute Gasteiger partial charge is 0.300 e. The maximum absolute atomic E-state index is 11.2. The van der Waals surface area contributed by atoms with E-state index in [1.54, 1.807) is 0 Å². The number of carbonyl (C=O) groups is 1. The molecule has 0 aliphatic heterocycles. The van der Waals surface area contributed by atoms with Crippen LogP contribution in [-0.2, 0) is 4.79 Å². The van der Waals surface area contributed by atoms with Gasteiger partial charge in [-0.15, -0.1) is 0 Å². The van der Waals surface area contributed by atoms with Crippen molar-refractivity contribution >= 4 is 5.78 Å². The molecule has 0 N–H and O–H groups in total. The van der Waals surface area contributed by atoms with Crippen molar-refractivity contribution in [1.82, 2.24) is 0 Å². The maximum Gasteiger partial charge on any atom is 0.133 e. The van der Waals surface area contributed by atoms with Gasteiger partial charge >= 0.3 is 0 Å². The topological polar surface area (TPSA) is 40.9 Å². The molecular weight excluding hydrogens is 162 g/mol. The van der Waals surface area contributed by atoms with Crippen LogP contribution in [0.2, 0.25) is 0 Å². The zero-order valence-electron chi connectivity index (χ0n) is 8.05. The predicted octanol–water partition coefficient (Wildman–Crippen LogP) is 2.61. The zero-order chi connectivity index (χ0) is 9.68. The van der Waals surface area contributed by atoms with Crippen molar-refractivity contribution < 1.29 is 4.79 Å². The summed E-state index contributed by atoms with van der Waals surface area (Å²) in [6.45, 7) is 2.14. The van der Waals surface area contributed by atoms with Crippen LogP contribution in [0.4, 0.5) is 0 Å². The highest BCUT2D eigenvalue weighted by molar-refractivity contribution is 5.79. The van der Waals surface area contributed by atoms with Gasteiger partial charge in [-0.2, -0.15) is 5.26 Å². The number of nitriles is 1. The first-order valence-electron chi connectivity index (χ1n) is 4.81. The van der Waals surface area contributed by atoms with Crippen LogP contribution in [-0.4, -0.2) is 5.78 Å². The molecule has 2 heteroatoms. The first-order valence-corrected chi connectivity index (χ1v) is 4.81. The summed E-state index contributed by atoms with van der Waals surface area (Å²) >= 11 is 0. The highest BCUT2D eigenvalue weighted by atomic mass is 16.1. The van der Waals surface area contributed by atoms with Crippen molar-refractivity contribution in [3.63, 3.8) is 0 Å². The monoisotopic (exact) mass is 177 g/mol. The van der Waals surface area contributed by atoms with Crippen molar-refractivity contribution in [3.05, 3.63) is 11.6 Å². The Kier molecular flexibility index (Phi) is 3.70. The molecule has 0 saturated heterocycles. The molecule has 1 aliphatic carbocycles. The van der Waals surface area contributed by atoms with Crippen molar-refractivity contribution in [1.29, 1.82) is 5.26 Å². The van der Waals surface area contributed by atoms with E-state index in [1.807, 2.05) is 6.08 Å². The number of carbonyl (C=O) groups excluding carboxylic acids is 1. The second kappa shape index (κ2) is 4.81. The Morgan fingerprint density at radius 1 is 1.54 bits per heavy atom. The minimum Gasteiger partial charge on any atom is -0.300 e. The van der Waals surface area contributed by atoms with E-state index in [2.05, 4.69) is 13.0 Å². The number of hydrogen-bond acceptors (Lipinski definition) is 2. The van der Waals surface area contributed by atoms with Crippen molar-refractivity contribution in [2.75, 3.05) is 0 Å². The molecule has 0 spiro atoms. The normalized spacial score (nSPS) is 26.9. The number of allylic oxidation sites excluding steroid dienone is 2. The second-order valence-corrected chi connectivity index (χ2v) is 3.62. The van der Waals surface area contributed by atoms with Gasteiger partial charge in [0.1, 0.15) is 5.78 Å². The van der Waals surface area contributed by atoms with Gasteiger partial charge in [-0.05, 0) is 18.8 Å². The summed E-state index contributed by atoms with van der Waals surface area (Å²) in [5.74, 6) is 0.854. The predicted molar refractivity (Wildman–Crippen MR) is 51.0 cm³/mol. The summed E-state index contributed by atoms with van der Waals surface area (Å²) in [6.07, 6.45) is 5.67. The molecule has 0 bridgehead atoms. The van der Waals surface area contributed by atoms with E-state index in [-0.39, 0.29) is 0 Å². The molecule has 1 atom stereocenters. The number of hydrogen-bond donors (Lipinski definition) is 0. The van der Waals surface area contributed by atoms with Crippen LogP contribution in [0.5, 0.6) is 0 Å². The van der Waals surface area contributed by atoms with Crippen LogP contribution >= 0.6 is 0 Å². The van der Waals surface area contributed by atoms with Crippen molar-refractivity contribution in [2.45, 2.75) is 39.0 Å². The Hall–Kier alpha value is -1.10. The Labute approximate surface area is 79.2 Å². The Balaban J connectivity index is 2.62. The van der Waals surface area contributed by atoms with E-state index in [0.29, 0.717) is 31.0 Å². The van der Waals surface area contributed by atoms with Crippen LogP contribution < -0.4 is 0 Å². The maximum atomic E-state index is 11.2. The van der Waals surface area contributed by atoms with Gasteiger partial charge in [-0.3, -0.25) is 4.79 Å². The van der Waals surface area contributed by atoms with E-state index in [9.17, 15) is 4.79 Å². The van der Waals surface area contributed by atoms with Crippen LogP contribution in [0.15, 0.2) is 11.6 Å². The summed E-state index contributed by atoms with van der Waals surface area (Å²) in [7, 11) is 0. The zero-order valence-corrected chi connectivity index (χ0v) is 8.05. The molecule has 1 unspecified atom stereocenters. The van der Waals surface area contributed by atoms with Crippen LogP contribution in [0.25, 0.3) is 0 Å². The molecule has 70 valence electrons. The smallest absolute Gasteiger partial charge is 0.133 e. The first kappa shape index (κ1) is 9.98. The SMILES string of the molecule is CC1CCC(=O)CC/C1=C\CC#N. The molecule has 0 aromatic heterocycles. The molecule has 0 aromatic rings. The fraction of sp³-hybridized carbons (Fsp3) is 0.636. The summed E-state index contributed by atoms with van der Waals surface area (Å²) in [4.78, 5) is 11.2. The molecule has 0 aromatic carbocycles. The van der Waals surface area contributed by atoms with Crippen LogP contribution in [0, 0.1) is 17.2 Å². The Morgan fingerprint density at radius 3 is 3.00 bits per heavy atom. The number of Topliss-reactive ketones (excluding diaryl/α,β-unsaturated/α-hetero) is 1. The first-order chi connectivity index (χ1) is 6.24. The summed E-state index contributed by atoms with van der Waals surface area (Å²) in [5.41, 5.74) is 1.30. The third kappa shape index (κ3) is 3.02. The minimum atomic E-state index is 0.368. The Morgan fingerprint density at radius 2 is 2.31 bits per heavy atom. The van der Waals surface area contributed by atoms with Crippen molar-refractivity contribution in [3.8, 4) is 6.07 Å². The lowest BCUT2D eigenvalue weighted by atomic mass is 9.95. The van der Waals surface area contributed by atoms with E-state index in [4.69, 9.17) is 5.26 Å². The molecule has 0 amide bonds. The molecule has 1 aliphatic rings. The minimum absolute atomic E-state index is 0.368. The van der Waals surface area contributed by atoms with Gasteiger partial charge in [0.25, 0.3) is 0 Å². The van der Waals surface area contributed by atoms with Gasteiger partial charge in [-0.1, -0.05) is 18.6 Å². The van der Waals surface area contributed by atoms with Gasteiger partial charge < -0.3 is 0 Å². The molecule has 1 saturated carbocycles. The summed E-state index contributed by atoms with van der Waals surface area (Å²) in [6, 6.07) is 2.11. The fourth-order valence-corrected chi connectivity index (χ4v) is 1.70. The summed E-state index contributed by atoms with van der Waals surface area (Å²) < 4.78 is 0. The molecular formula is C11H15NO. The third-order valence-corrected chi connectivity index (χ3v) is 2.64. The van der Waals surface area contributed by atoms with E-state index in [0.717, 1.165) is 12.8 Å². The van der Waals surface area contributed by atoms with Gasteiger partial charge in [0.2, 0.25) is 0 Å². The van der Waals surface area contributed by atoms with E-state index < -0.39 is 0 Å². The average molecular weight is 177 g/mol. The lowest BCUT2D eigenvalue weighted by Crippen LogP contribution is -1.96. The number of ketones is 1. The van der Waals surface area contributed by atoms with E-state index in [1.165, 1.54) is 5.57 Å². The van der Waals surface area contributed by atoms with Crippen LogP contribution in [0.3, 0.4) is 0 Å². The molecule has 1 fully saturated rings. The van der Waals surface area contributed by atoms with Gasteiger partial charge in [0.05, 0.1) is 12.5 Å². The standard InChI is InChI=1S/C11H15NO/c1-9-4-6-11(13)7-5-10(9)3-2-8-12/h3,9H,2,4-7H2,1H3/b10-3+. The quantitative estimate of drug-likeness (QED) is 0.456. The lowest BCUT2D eigenvalue weighted by Gasteiger charge is -2.10. The number of nitrogens with zero attached hydrogens (tertiary/aromatic N) is 1. The molecule has 13 heavy (non-hydrogen) atoms. The molecule has 0 radical (unpaired) electrons. The Bertz CT molecular complexity index is 260. The molecule has 1 rings (SSSR count). The lowest BCUT2D eigenvalue weighted by molar-refractivity contribution is -0.118. The van der Waals surface area contributed by atoms with Gasteiger partial charge in [0.15, 0.2) is 0 Å². The molecule has 0 heterocycles. The highest BCUT2D eigenvalue weighted by Gasteiger charge is 2.16. The fourth-order valence-electron chi connectivity index (χ4n) is 1.70. The van der Waals surface area contributed by atoms with Crippen LogP contribution in [0.1, 0.15) is 39.0 Å². The average Bonchev–Trinajstić information content (AvgIpc) is 2.28.